The molecule has 0 amide bonds. The lowest BCUT2D eigenvalue weighted by Gasteiger charge is -2.07. The molecule has 0 spiro atoms. The molecular weight excluding hydrogens is 268 g/mol. The van der Waals surface area contributed by atoms with E-state index < -0.39 is 0 Å². The first-order valence-electron chi connectivity index (χ1n) is 7.16. The quantitative estimate of drug-likeness (QED) is 0.919. The number of nitrogens with two attached hydrogens (primary N) is 1. The summed E-state index contributed by atoms with van der Waals surface area (Å²) >= 11 is 1.94. The van der Waals surface area contributed by atoms with Crippen molar-refractivity contribution >= 4 is 11.8 Å². The summed E-state index contributed by atoms with van der Waals surface area (Å²) in [6, 6.07) is 8.64. The van der Waals surface area contributed by atoms with Gasteiger partial charge in [0, 0.05) is 10.1 Å². The third kappa shape index (κ3) is 2.88. The molecule has 5 heteroatoms. The standard InChI is InChI=1S/C15H20N4S/c1-2-5-13(16)14-10-19(18-17-14)9-12-8-11-6-3-4-7-15(11)20-12/h3-4,6-7,10,12-13H,2,5,8-9,16H2,1H3. The van der Waals surface area contributed by atoms with Crippen molar-refractivity contribution < 1.29 is 0 Å². The van der Waals surface area contributed by atoms with Crippen LogP contribution in [0.1, 0.15) is 37.1 Å². The minimum atomic E-state index is 0.0159. The predicted octanol–water partition coefficient (Wildman–Crippen LogP) is 2.80. The van der Waals surface area contributed by atoms with Crippen LogP contribution in [-0.4, -0.2) is 20.2 Å². The summed E-state index contributed by atoms with van der Waals surface area (Å²) in [6.07, 6.45) is 5.14. The zero-order valence-corrected chi connectivity index (χ0v) is 12.5. The molecule has 2 aromatic rings. The van der Waals surface area contributed by atoms with E-state index in [-0.39, 0.29) is 6.04 Å². The van der Waals surface area contributed by atoms with Gasteiger partial charge in [-0.1, -0.05) is 36.8 Å². The van der Waals surface area contributed by atoms with Gasteiger partial charge in [0.15, 0.2) is 0 Å². The Bertz CT molecular complexity index is 556. The molecule has 2 heterocycles. The van der Waals surface area contributed by atoms with Gasteiger partial charge in [-0.05, 0) is 24.5 Å². The summed E-state index contributed by atoms with van der Waals surface area (Å²) in [6.45, 7) is 3.03. The van der Waals surface area contributed by atoms with E-state index in [9.17, 15) is 0 Å². The van der Waals surface area contributed by atoms with E-state index in [1.807, 2.05) is 22.6 Å². The van der Waals surface area contributed by atoms with E-state index >= 15 is 0 Å². The van der Waals surface area contributed by atoms with E-state index in [1.54, 1.807) is 0 Å². The van der Waals surface area contributed by atoms with Crippen LogP contribution in [0, 0.1) is 0 Å². The second-order valence-corrected chi connectivity index (χ2v) is 6.65. The van der Waals surface area contributed by atoms with Crippen molar-refractivity contribution in [2.24, 2.45) is 5.73 Å². The summed E-state index contributed by atoms with van der Waals surface area (Å²) in [5.74, 6) is 0. The number of benzene rings is 1. The normalized spacial score (nSPS) is 19.0. The van der Waals surface area contributed by atoms with Crippen molar-refractivity contribution in [1.82, 2.24) is 15.0 Å². The third-order valence-corrected chi connectivity index (χ3v) is 4.94. The van der Waals surface area contributed by atoms with E-state index in [4.69, 9.17) is 5.73 Å². The molecule has 0 aliphatic carbocycles. The fraction of sp³-hybridized carbons (Fsp3) is 0.467. The van der Waals surface area contributed by atoms with Crippen LogP contribution in [0.25, 0.3) is 0 Å². The van der Waals surface area contributed by atoms with Crippen LogP contribution in [0.5, 0.6) is 0 Å². The second-order valence-electron chi connectivity index (χ2n) is 5.31. The summed E-state index contributed by atoms with van der Waals surface area (Å²) in [7, 11) is 0. The monoisotopic (exact) mass is 288 g/mol. The molecule has 2 atom stereocenters. The number of rotatable bonds is 5. The van der Waals surface area contributed by atoms with Crippen molar-refractivity contribution in [2.75, 3.05) is 0 Å². The first kappa shape index (κ1) is 13.6. The molecular formula is C15H20N4S. The molecule has 4 nitrogen and oxygen atoms in total. The van der Waals surface area contributed by atoms with Gasteiger partial charge in [0.1, 0.15) is 0 Å². The lowest BCUT2D eigenvalue weighted by atomic mass is 10.1. The zero-order valence-electron chi connectivity index (χ0n) is 11.7. The highest BCUT2D eigenvalue weighted by Gasteiger charge is 2.22. The molecule has 1 aromatic carbocycles. The Balaban J connectivity index is 1.63. The number of thioether (sulfide) groups is 1. The Morgan fingerprint density at radius 3 is 3.10 bits per heavy atom. The molecule has 1 aliphatic heterocycles. The lowest BCUT2D eigenvalue weighted by Crippen LogP contribution is -2.13. The van der Waals surface area contributed by atoms with Crippen LogP contribution >= 0.6 is 11.8 Å². The van der Waals surface area contributed by atoms with Crippen molar-refractivity contribution in [3.63, 3.8) is 0 Å². The van der Waals surface area contributed by atoms with Crippen LogP contribution < -0.4 is 5.73 Å². The average Bonchev–Trinajstić information content (AvgIpc) is 3.05. The number of nitrogens with zero attached hydrogens (tertiary/aromatic N) is 3. The van der Waals surface area contributed by atoms with E-state index in [0.717, 1.165) is 31.5 Å². The zero-order chi connectivity index (χ0) is 13.9. The van der Waals surface area contributed by atoms with Crippen molar-refractivity contribution in [2.45, 2.75) is 48.9 Å². The van der Waals surface area contributed by atoms with E-state index in [2.05, 4.69) is 41.5 Å². The van der Waals surface area contributed by atoms with Crippen molar-refractivity contribution in [3.05, 3.63) is 41.7 Å². The topological polar surface area (TPSA) is 56.7 Å². The van der Waals surface area contributed by atoms with Gasteiger partial charge in [-0.25, -0.2) is 0 Å². The fourth-order valence-corrected chi connectivity index (χ4v) is 3.90. The fourth-order valence-electron chi connectivity index (χ4n) is 2.60. The largest absolute Gasteiger partial charge is 0.323 e. The minimum Gasteiger partial charge on any atom is -0.323 e. The lowest BCUT2D eigenvalue weighted by molar-refractivity contribution is 0.572. The maximum Gasteiger partial charge on any atom is 0.0994 e. The molecule has 0 saturated heterocycles. The molecule has 1 aliphatic rings. The molecule has 2 N–H and O–H groups in total. The van der Waals surface area contributed by atoms with Gasteiger partial charge in [0.05, 0.1) is 24.5 Å². The first-order chi connectivity index (χ1) is 9.76. The molecule has 2 unspecified atom stereocenters. The maximum absolute atomic E-state index is 6.07. The summed E-state index contributed by atoms with van der Waals surface area (Å²) < 4.78 is 1.94. The molecule has 0 radical (unpaired) electrons. The molecule has 20 heavy (non-hydrogen) atoms. The summed E-state index contributed by atoms with van der Waals surface area (Å²) in [4.78, 5) is 1.40. The average molecular weight is 288 g/mol. The SMILES string of the molecule is CCCC(N)c1cn(CC2Cc3ccccc3S2)nn1. The van der Waals surface area contributed by atoms with Gasteiger partial charge in [0.2, 0.25) is 0 Å². The Morgan fingerprint density at radius 2 is 2.30 bits per heavy atom. The molecule has 0 bridgehead atoms. The highest BCUT2D eigenvalue weighted by atomic mass is 32.2. The van der Waals surface area contributed by atoms with Crippen molar-refractivity contribution in [1.29, 1.82) is 0 Å². The number of aromatic nitrogens is 3. The molecule has 0 fully saturated rings. The number of hydrogen-bond donors (Lipinski definition) is 1. The van der Waals surface area contributed by atoms with Gasteiger partial charge in [-0.3, -0.25) is 4.68 Å². The molecule has 0 saturated carbocycles. The Morgan fingerprint density at radius 1 is 1.45 bits per heavy atom. The van der Waals surface area contributed by atoms with Crippen molar-refractivity contribution in [3.8, 4) is 0 Å². The highest BCUT2D eigenvalue weighted by Crippen LogP contribution is 2.37. The van der Waals surface area contributed by atoms with E-state index in [1.165, 1.54) is 10.5 Å². The van der Waals surface area contributed by atoms with Gasteiger partial charge in [-0.2, -0.15) is 0 Å². The van der Waals surface area contributed by atoms with Gasteiger partial charge in [-0.15, -0.1) is 16.9 Å². The van der Waals surface area contributed by atoms with Gasteiger partial charge in [0.25, 0.3) is 0 Å². The van der Waals surface area contributed by atoms with Crippen LogP contribution in [0.3, 0.4) is 0 Å². The summed E-state index contributed by atoms with van der Waals surface area (Å²) in [5, 5.41) is 8.97. The Kier molecular flexibility index (Phi) is 4.08. The Hall–Kier alpha value is -1.33. The van der Waals surface area contributed by atoms with Gasteiger partial charge < -0.3 is 5.73 Å². The van der Waals surface area contributed by atoms with E-state index in [0.29, 0.717) is 5.25 Å². The number of hydrogen-bond acceptors (Lipinski definition) is 4. The highest BCUT2D eigenvalue weighted by molar-refractivity contribution is 8.00. The Labute approximate surface area is 123 Å². The minimum absolute atomic E-state index is 0.0159. The van der Waals surface area contributed by atoms with Crippen LogP contribution in [0.15, 0.2) is 35.4 Å². The number of fused-ring (bicyclic) bond motifs is 1. The maximum atomic E-state index is 6.07. The molecule has 106 valence electrons. The predicted molar refractivity (Wildman–Crippen MR) is 81.6 cm³/mol. The smallest absolute Gasteiger partial charge is 0.0994 e. The van der Waals surface area contributed by atoms with Crippen LogP contribution in [0.4, 0.5) is 0 Å². The van der Waals surface area contributed by atoms with Crippen LogP contribution in [-0.2, 0) is 13.0 Å². The molecule has 1 aromatic heterocycles. The first-order valence-corrected chi connectivity index (χ1v) is 8.04. The molecule has 3 rings (SSSR count). The third-order valence-electron chi connectivity index (χ3n) is 3.64. The second kappa shape index (κ2) is 5.97. The van der Waals surface area contributed by atoms with Gasteiger partial charge >= 0.3 is 0 Å². The summed E-state index contributed by atoms with van der Waals surface area (Å²) in [5.41, 5.74) is 8.43. The van der Waals surface area contributed by atoms with Crippen LogP contribution in [0.2, 0.25) is 0 Å².